The molecular weight excluding hydrogens is 202 g/mol. The summed E-state index contributed by atoms with van der Waals surface area (Å²) in [6, 6.07) is 7.03. The monoisotopic (exact) mass is 217 g/mol. The number of ketones is 1. The van der Waals surface area contributed by atoms with Crippen LogP contribution in [0.3, 0.4) is 0 Å². The minimum atomic E-state index is -0.517. The van der Waals surface area contributed by atoms with E-state index in [-0.39, 0.29) is 11.7 Å². The van der Waals surface area contributed by atoms with Crippen molar-refractivity contribution >= 4 is 11.7 Å². The molecule has 0 radical (unpaired) electrons. The molecule has 0 fully saturated rings. The van der Waals surface area contributed by atoms with Gasteiger partial charge in [0.25, 0.3) is 5.91 Å². The van der Waals surface area contributed by atoms with Crippen molar-refractivity contribution in [3.8, 4) is 0 Å². The van der Waals surface area contributed by atoms with E-state index in [9.17, 15) is 9.59 Å². The van der Waals surface area contributed by atoms with Gasteiger partial charge in [0.05, 0.1) is 5.56 Å². The number of nitrogens with zero attached hydrogens (tertiary/aromatic N) is 1. The number of amides is 1. The Labute approximate surface area is 95.1 Å². The van der Waals surface area contributed by atoms with E-state index in [0.29, 0.717) is 17.7 Å². The number of hydrogen-bond donors (Lipinski definition) is 0. The Bertz CT molecular complexity index is 463. The summed E-state index contributed by atoms with van der Waals surface area (Å²) in [5, 5.41) is 0. The fraction of sp³-hybridized carbons (Fsp3) is 0.385. The molecule has 2 rings (SSSR count). The number of Topliss-reactive ketones (excluding diaryl/α,β-unsaturated/α-hetero) is 1. The van der Waals surface area contributed by atoms with E-state index in [0.717, 1.165) is 0 Å². The van der Waals surface area contributed by atoms with Gasteiger partial charge in [0.15, 0.2) is 5.78 Å². The Balaban J connectivity index is 2.65. The van der Waals surface area contributed by atoms with Crippen LogP contribution < -0.4 is 0 Å². The van der Waals surface area contributed by atoms with E-state index in [4.69, 9.17) is 0 Å². The zero-order valence-corrected chi connectivity index (χ0v) is 9.78. The molecule has 16 heavy (non-hydrogen) atoms. The van der Waals surface area contributed by atoms with Crippen molar-refractivity contribution in [2.24, 2.45) is 5.41 Å². The van der Waals surface area contributed by atoms with E-state index in [1.54, 1.807) is 36.2 Å². The molecule has 3 nitrogen and oxygen atoms in total. The van der Waals surface area contributed by atoms with Crippen molar-refractivity contribution in [3.63, 3.8) is 0 Å². The van der Waals surface area contributed by atoms with E-state index >= 15 is 0 Å². The van der Waals surface area contributed by atoms with Gasteiger partial charge in [0.2, 0.25) is 0 Å². The molecule has 0 unspecified atom stereocenters. The molecule has 0 atom stereocenters. The standard InChI is InChI=1S/C13H15NO2/c1-13(2)8-14(3)12(16)10-7-5-4-6-9(10)11(13)15/h4-7H,8H2,1-3H3. The minimum Gasteiger partial charge on any atom is -0.341 e. The van der Waals surface area contributed by atoms with Gasteiger partial charge in [0.1, 0.15) is 0 Å². The summed E-state index contributed by atoms with van der Waals surface area (Å²) in [7, 11) is 1.74. The molecule has 0 spiro atoms. The third-order valence-electron chi connectivity index (χ3n) is 3.00. The predicted octanol–water partition coefficient (Wildman–Crippen LogP) is 1.98. The van der Waals surface area contributed by atoms with Crippen LogP contribution in [-0.4, -0.2) is 30.2 Å². The van der Waals surface area contributed by atoms with Crippen LogP contribution in [0.15, 0.2) is 24.3 Å². The van der Waals surface area contributed by atoms with Crippen molar-refractivity contribution in [3.05, 3.63) is 35.4 Å². The first-order valence-electron chi connectivity index (χ1n) is 5.33. The molecule has 0 saturated carbocycles. The van der Waals surface area contributed by atoms with Gasteiger partial charge in [-0.1, -0.05) is 32.0 Å². The molecule has 0 aliphatic carbocycles. The number of hydrogen-bond acceptors (Lipinski definition) is 2. The molecule has 1 aliphatic rings. The summed E-state index contributed by atoms with van der Waals surface area (Å²) in [6.07, 6.45) is 0. The molecule has 1 amide bonds. The molecule has 0 N–H and O–H groups in total. The van der Waals surface area contributed by atoms with Crippen LogP contribution in [0.25, 0.3) is 0 Å². The highest BCUT2D eigenvalue weighted by molar-refractivity contribution is 6.11. The molecule has 0 bridgehead atoms. The second-order valence-corrected chi connectivity index (χ2v) is 4.92. The maximum Gasteiger partial charge on any atom is 0.254 e. The van der Waals surface area contributed by atoms with Gasteiger partial charge in [0, 0.05) is 24.6 Å². The van der Waals surface area contributed by atoms with E-state index < -0.39 is 5.41 Å². The van der Waals surface area contributed by atoms with Crippen LogP contribution in [0, 0.1) is 5.41 Å². The lowest BCUT2D eigenvalue weighted by Crippen LogP contribution is -2.36. The quantitative estimate of drug-likeness (QED) is 0.666. The topological polar surface area (TPSA) is 37.4 Å². The van der Waals surface area contributed by atoms with Crippen molar-refractivity contribution in [1.82, 2.24) is 4.90 Å². The van der Waals surface area contributed by atoms with Gasteiger partial charge in [-0.2, -0.15) is 0 Å². The second-order valence-electron chi connectivity index (χ2n) is 4.92. The Kier molecular flexibility index (Phi) is 2.34. The van der Waals surface area contributed by atoms with Gasteiger partial charge in [-0.25, -0.2) is 0 Å². The first-order chi connectivity index (χ1) is 7.43. The van der Waals surface area contributed by atoms with Crippen LogP contribution in [0.4, 0.5) is 0 Å². The Hall–Kier alpha value is -1.64. The van der Waals surface area contributed by atoms with Crippen LogP contribution in [0.2, 0.25) is 0 Å². The summed E-state index contributed by atoms with van der Waals surface area (Å²) >= 11 is 0. The van der Waals surface area contributed by atoms with Crippen LogP contribution in [0.1, 0.15) is 34.6 Å². The number of rotatable bonds is 0. The largest absolute Gasteiger partial charge is 0.341 e. The Morgan fingerprint density at radius 3 is 2.31 bits per heavy atom. The maximum atomic E-state index is 12.3. The summed E-state index contributed by atoms with van der Waals surface area (Å²) in [6.45, 7) is 4.21. The highest BCUT2D eigenvalue weighted by atomic mass is 16.2. The first-order valence-corrected chi connectivity index (χ1v) is 5.33. The molecule has 0 saturated heterocycles. The minimum absolute atomic E-state index is 0.0424. The van der Waals surface area contributed by atoms with Gasteiger partial charge >= 0.3 is 0 Å². The maximum absolute atomic E-state index is 12.3. The number of carbonyl (C=O) groups is 2. The molecule has 1 heterocycles. The van der Waals surface area contributed by atoms with E-state index in [1.807, 2.05) is 13.8 Å². The van der Waals surface area contributed by atoms with Crippen molar-refractivity contribution in [1.29, 1.82) is 0 Å². The smallest absolute Gasteiger partial charge is 0.254 e. The van der Waals surface area contributed by atoms with Crippen LogP contribution in [-0.2, 0) is 0 Å². The van der Waals surface area contributed by atoms with E-state index in [2.05, 4.69) is 0 Å². The summed E-state index contributed by atoms with van der Waals surface area (Å²) in [5.74, 6) is -0.0321. The lowest BCUT2D eigenvalue weighted by atomic mass is 9.84. The van der Waals surface area contributed by atoms with Gasteiger partial charge in [-0.3, -0.25) is 9.59 Å². The zero-order chi connectivity index (χ0) is 11.9. The predicted molar refractivity (Wildman–Crippen MR) is 61.5 cm³/mol. The highest BCUT2D eigenvalue weighted by Gasteiger charge is 2.37. The highest BCUT2D eigenvalue weighted by Crippen LogP contribution is 2.29. The SMILES string of the molecule is CN1CC(C)(C)C(=O)c2ccccc2C1=O. The van der Waals surface area contributed by atoms with Gasteiger partial charge < -0.3 is 4.90 Å². The van der Waals surface area contributed by atoms with Crippen molar-refractivity contribution in [2.75, 3.05) is 13.6 Å². The number of fused-ring (bicyclic) bond motifs is 1. The van der Waals surface area contributed by atoms with E-state index in [1.165, 1.54) is 0 Å². The zero-order valence-electron chi connectivity index (χ0n) is 9.78. The number of carbonyl (C=O) groups excluding carboxylic acids is 2. The van der Waals surface area contributed by atoms with Crippen molar-refractivity contribution in [2.45, 2.75) is 13.8 Å². The van der Waals surface area contributed by atoms with Gasteiger partial charge in [-0.15, -0.1) is 0 Å². The molecule has 1 aromatic rings. The first kappa shape index (κ1) is 10.9. The van der Waals surface area contributed by atoms with Crippen LogP contribution >= 0.6 is 0 Å². The summed E-state index contributed by atoms with van der Waals surface area (Å²) < 4.78 is 0. The second kappa shape index (κ2) is 3.44. The molecular formula is C13H15NO2. The average molecular weight is 217 g/mol. The summed E-state index contributed by atoms with van der Waals surface area (Å²) in [4.78, 5) is 25.9. The molecule has 1 aromatic carbocycles. The third kappa shape index (κ3) is 1.52. The van der Waals surface area contributed by atoms with Crippen LogP contribution in [0.5, 0.6) is 0 Å². The molecule has 84 valence electrons. The summed E-state index contributed by atoms with van der Waals surface area (Å²) in [5.41, 5.74) is 0.541. The Morgan fingerprint density at radius 2 is 1.69 bits per heavy atom. The fourth-order valence-corrected chi connectivity index (χ4v) is 2.17. The molecule has 3 heteroatoms. The average Bonchev–Trinajstić information content (AvgIpc) is 2.31. The Morgan fingerprint density at radius 1 is 1.12 bits per heavy atom. The van der Waals surface area contributed by atoms with Gasteiger partial charge in [-0.05, 0) is 6.07 Å². The van der Waals surface area contributed by atoms with Crippen molar-refractivity contribution < 1.29 is 9.59 Å². The number of benzene rings is 1. The molecule has 1 aliphatic heterocycles. The normalized spacial score (nSPS) is 19.3. The lowest BCUT2D eigenvalue weighted by molar-refractivity contribution is 0.0705. The lowest BCUT2D eigenvalue weighted by Gasteiger charge is -2.25. The fourth-order valence-electron chi connectivity index (χ4n) is 2.17. The molecule has 0 aromatic heterocycles. The third-order valence-corrected chi connectivity index (χ3v) is 3.00.